The van der Waals surface area contributed by atoms with Gasteiger partial charge in [-0.1, -0.05) is 11.8 Å². The van der Waals surface area contributed by atoms with Gasteiger partial charge in [-0.3, -0.25) is 4.99 Å². The lowest BCUT2D eigenvalue weighted by Crippen LogP contribution is -2.41. The molecule has 2 rings (SSSR count). The van der Waals surface area contributed by atoms with Crippen molar-refractivity contribution in [2.75, 3.05) is 25.4 Å². The van der Waals surface area contributed by atoms with Crippen molar-refractivity contribution < 1.29 is 0 Å². The van der Waals surface area contributed by atoms with E-state index in [0.717, 1.165) is 11.7 Å². The SMILES string of the molecule is CC1CCSC(NC(C)CN2CCCC2)=N1. The van der Waals surface area contributed by atoms with Crippen molar-refractivity contribution in [3.63, 3.8) is 0 Å². The Morgan fingerprint density at radius 1 is 1.50 bits per heavy atom. The Bertz CT molecular complexity index is 249. The van der Waals surface area contributed by atoms with E-state index in [9.17, 15) is 0 Å². The van der Waals surface area contributed by atoms with Crippen molar-refractivity contribution in [3.8, 4) is 0 Å². The van der Waals surface area contributed by atoms with E-state index in [-0.39, 0.29) is 0 Å². The molecule has 16 heavy (non-hydrogen) atoms. The van der Waals surface area contributed by atoms with Crippen LogP contribution in [-0.2, 0) is 0 Å². The summed E-state index contributed by atoms with van der Waals surface area (Å²) in [6.07, 6.45) is 3.97. The molecule has 2 atom stereocenters. The highest BCUT2D eigenvalue weighted by atomic mass is 32.2. The standard InChI is InChI=1S/C12H23N3S/c1-10-5-8-16-12(13-10)14-11(2)9-15-6-3-4-7-15/h10-11H,3-9H2,1-2H3,(H,13,14). The first-order valence-electron chi connectivity index (χ1n) is 6.43. The molecular formula is C12H23N3S. The van der Waals surface area contributed by atoms with Crippen LogP contribution in [0.4, 0.5) is 0 Å². The monoisotopic (exact) mass is 241 g/mol. The molecule has 2 heterocycles. The molecule has 0 saturated carbocycles. The van der Waals surface area contributed by atoms with Gasteiger partial charge >= 0.3 is 0 Å². The van der Waals surface area contributed by atoms with Crippen molar-refractivity contribution in [2.24, 2.45) is 4.99 Å². The highest BCUT2D eigenvalue weighted by Gasteiger charge is 2.17. The molecule has 0 amide bonds. The van der Waals surface area contributed by atoms with Gasteiger partial charge in [0.25, 0.3) is 0 Å². The number of rotatable bonds is 3. The van der Waals surface area contributed by atoms with Gasteiger partial charge in [0.1, 0.15) is 0 Å². The molecular weight excluding hydrogens is 218 g/mol. The van der Waals surface area contributed by atoms with Crippen LogP contribution >= 0.6 is 11.8 Å². The summed E-state index contributed by atoms with van der Waals surface area (Å²) in [4.78, 5) is 7.20. The topological polar surface area (TPSA) is 27.6 Å². The Balaban J connectivity index is 1.75. The zero-order valence-corrected chi connectivity index (χ0v) is 11.2. The van der Waals surface area contributed by atoms with Crippen molar-refractivity contribution in [2.45, 2.75) is 45.2 Å². The first-order chi connectivity index (χ1) is 7.74. The number of hydrogen-bond donors (Lipinski definition) is 1. The van der Waals surface area contributed by atoms with Gasteiger partial charge in [0, 0.05) is 18.3 Å². The Kier molecular flexibility index (Phi) is 4.53. The highest BCUT2D eigenvalue weighted by Crippen LogP contribution is 2.16. The Morgan fingerprint density at radius 2 is 2.25 bits per heavy atom. The number of aliphatic imine (C=N–C) groups is 1. The number of hydrogen-bond acceptors (Lipinski definition) is 4. The molecule has 0 aromatic heterocycles. The fraction of sp³-hybridized carbons (Fsp3) is 0.917. The maximum Gasteiger partial charge on any atom is 0.157 e. The van der Waals surface area contributed by atoms with E-state index < -0.39 is 0 Å². The minimum absolute atomic E-state index is 0.503. The van der Waals surface area contributed by atoms with Gasteiger partial charge in [0.05, 0.1) is 6.04 Å². The molecule has 0 radical (unpaired) electrons. The molecule has 2 aliphatic heterocycles. The Hall–Kier alpha value is -0.220. The molecule has 1 N–H and O–H groups in total. The lowest BCUT2D eigenvalue weighted by molar-refractivity contribution is 0.312. The van der Waals surface area contributed by atoms with Crippen LogP contribution in [0.5, 0.6) is 0 Å². The van der Waals surface area contributed by atoms with E-state index in [1.807, 2.05) is 11.8 Å². The molecule has 0 aromatic carbocycles. The van der Waals surface area contributed by atoms with Crippen LogP contribution < -0.4 is 5.32 Å². The summed E-state index contributed by atoms with van der Waals surface area (Å²) in [5.74, 6) is 1.21. The molecule has 0 aromatic rings. The number of nitrogens with zero attached hydrogens (tertiary/aromatic N) is 2. The maximum atomic E-state index is 4.65. The van der Waals surface area contributed by atoms with Gasteiger partial charge in [0.2, 0.25) is 0 Å². The van der Waals surface area contributed by atoms with Crippen molar-refractivity contribution in [1.82, 2.24) is 10.2 Å². The smallest absolute Gasteiger partial charge is 0.157 e. The summed E-state index contributed by atoms with van der Waals surface area (Å²) in [5.41, 5.74) is 0. The van der Waals surface area contributed by atoms with E-state index in [1.54, 1.807) is 0 Å². The Labute approximate surface area is 103 Å². The van der Waals surface area contributed by atoms with E-state index in [1.165, 1.54) is 38.1 Å². The lowest BCUT2D eigenvalue weighted by Gasteiger charge is -2.24. The van der Waals surface area contributed by atoms with Crippen molar-refractivity contribution in [3.05, 3.63) is 0 Å². The lowest BCUT2D eigenvalue weighted by atomic mass is 10.3. The molecule has 1 fully saturated rings. The van der Waals surface area contributed by atoms with Crippen LogP contribution in [-0.4, -0.2) is 47.5 Å². The zero-order chi connectivity index (χ0) is 11.4. The minimum Gasteiger partial charge on any atom is -0.361 e. The average Bonchev–Trinajstić information content (AvgIpc) is 2.70. The fourth-order valence-electron chi connectivity index (χ4n) is 2.32. The largest absolute Gasteiger partial charge is 0.361 e. The number of thioether (sulfide) groups is 1. The van der Waals surface area contributed by atoms with Gasteiger partial charge in [0.15, 0.2) is 5.17 Å². The van der Waals surface area contributed by atoms with Gasteiger partial charge in [-0.15, -0.1) is 0 Å². The highest BCUT2D eigenvalue weighted by molar-refractivity contribution is 8.13. The van der Waals surface area contributed by atoms with Crippen LogP contribution in [0.15, 0.2) is 4.99 Å². The summed E-state index contributed by atoms with van der Waals surface area (Å²) in [5, 5.41) is 4.71. The first kappa shape index (κ1) is 12.2. The first-order valence-corrected chi connectivity index (χ1v) is 7.42. The van der Waals surface area contributed by atoms with Crippen LogP contribution in [0.25, 0.3) is 0 Å². The van der Waals surface area contributed by atoms with Gasteiger partial charge in [-0.25, -0.2) is 0 Å². The predicted molar refractivity (Wildman–Crippen MR) is 72.2 cm³/mol. The number of nitrogens with one attached hydrogen (secondary N) is 1. The third-order valence-electron chi connectivity index (χ3n) is 3.21. The molecule has 0 bridgehead atoms. The summed E-state index contributed by atoms with van der Waals surface area (Å²) in [7, 11) is 0. The van der Waals surface area contributed by atoms with E-state index in [2.05, 4.69) is 29.1 Å². The Morgan fingerprint density at radius 3 is 2.94 bits per heavy atom. The van der Waals surface area contributed by atoms with Crippen molar-refractivity contribution >= 4 is 16.9 Å². The number of likely N-dealkylation sites (tertiary alicyclic amines) is 1. The third kappa shape index (κ3) is 3.67. The van der Waals surface area contributed by atoms with E-state index >= 15 is 0 Å². The molecule has 1 saturated heterocycles. The van der Waals surface area contributed by atoms with Gasteiger partial charge < -0.3 is 10.2 Å². The predicted octanol–water partition coefficient (Wildman–Crippen LogP) is 1.94. The summed E-state index contributed by atoms with van der Waals surface area (Å²) < 4.78 is 0. The normalized spacial score (nSPS) is 28.9. The summed E-state index contributed by atoms with van der Waals surface area (Å²) in [6, 6.07) is 1.03. The second-order valence-corrected chi connectivity index (χ2v) is 6.06. The van der Waals surface area contributed by atoms with Gasteiger partial charge in [-0.2, -0.15) is 0 Å². The second-order valence-electron chi connectivity index (χ2n) is 4.97. The summed E-state index contributed by atoms with van der Waals surface area (Å²) in [6.45, 7) is 8.19. The van der Waals surface area contributed by atoms with Crippen LogP contribution in [0.3, 0.4) is 0 Å². The van der Waals surface area contributed by atoms with Crippen LogP contribution in [0.2, 0.25) is 0 Å². The third-order valence-corrected chi connectivity index (χ3v) is 4.15. The molecule has 2 unspecified atom stereocenters. The molecule has 92 valence electrons. The molecule has 0 spiro atoms. The van der Waals surface area contributed by atoms with E-state index in [4.69, 9.17) is 0 Å². The second kappa shape index (κ2) is 5.92. The zero-order valence-electron chi connectivity index (χ0n) is 10.4. The van der Waals surface area contributed by atoms with Gasteiger partial charge in [-0.05, 0) is 46.2 Å². The molecule has 2 aliphatic rings. The average molecular weight is 241 g/mol. The minimum atomic E-state index is 0.503. The van der Waals surface area contributed by atoms with Crippen molar-refractivity contribution in [1.29, 1.82) is 0 Å². The van der Waals surface area contributed by atoms with Crippen LogP contribution in [0.1, 0.15) is 33.1 Å². The molecule has 0 aliphatic carbocycles. The quantitative estimate of drug-likeness (QED) is 0.818. The number of amidine groups is 1. The maximum absolute atomic E-state index is 4.65. The fourth-order valence-corrected chi connectivity index (χ4v) is 3.51. The molecule has 3 nitrogen and oxygen atoms in total. The van der Waals surface area contributed by atoms with E-state index in [0.29, 0.717) is 12.1 Å². The summed E-state index contributed by atoms with van der Waals surface area (Å²) >= 11 is 1.87. The molecule has 4 heteroatoms. The van der Waals surface area contributed by atoms with Crippen LogP contribution in [0, 0.1) is 0 Å².